The smallest absolute Gasteiger partial charge is 0.337 e. The van der Waals surface area contributed by atoms with Gasteiger partial charge in [0, 0.05) is 17.7 Å². The Labute approximate surface area is 132 Å². The van der Waals surface area contributed by atoms with Gasteiger partial charge in [-0.15, -0.1) is 0 Å². The minimum Gasteiger partial charge on any atom is -0.489 e. The Morgan fingerprint density at radius 3 is 2.83 bits per heavy atom. The average Bonchev–Trinajstić information content (AvgIpc) is 2.60. The van der Waals surface area contributed by atoms with Gasteiger partial charge >= 0.3 is 5.97 Å². The summed E-state index contributed by atoms with van der Waals surface area (Å²) in [6.45, 7) is 0.364. The van der Waals surface area contributed by atoms with Crippen LogP contribution in [0.1, 0.15) is 21.5 Å². The van der Waals surface area contributed by atoms with E-state index in [0.717, 1.165) is 5.57 Å². The molecule has 3 rings (SSSR count). The van der Waals surface area contributed by atoms with E-state index in [1.54, 1.807) is 30.3 Å². The largest absolute Gasteiger partial charge is 0.489 e. The van der Waals surface area contributed by atoms with Crippen molar-refractivity contribution in [2.75, 3.05) is 13.7 Å². The van der Waals surface area contributed by atoms with E-state index in [9.17, 15) is 14.9 Å². The first kappa shape index (κ1) is 14.8. The summed E-state index contributed by atoms with van der Waals surface area (Å²) in [5.41, 5.74) is 2.61. The van der Waals surface area contributed by atoms with Crippen molar-refractivity contribution in [3.63, 3.8) is 0 Å². The number of esters is 1. The van der Waals surface area contributed by atoms with Gasteiger partial charge in [-0.25, -0.2) is 4.79 Å². The molecule has 0 saturated heterocycles. The van der Waals surface area contributed by atoms with Crippen molar-refractivity contribution in [1.29, 1.82) is 0 Å². The van der Waals surface area contributed by atoms with Crippen molar-refractivity contribution < 1.29 is 19.2 Å². The van der Waals surface area contributed by atoms with Crippen molar-refractivity contribution in [2.24, 2.45) is 0 Å². The predicted molar refractivity (Wildman–Crippen MR) is 83.5 cm³/mol. The van der Waals surface area contributed by atoms with Crippen LogP contribution in [0.25, 0.3) is 5.57 Å². The van der Waals surface area contributed by atoms with E-state index < -0.39 is 10.9 Å². The molecule has 0 amide bonds. The molecule has 0 unspecified atom stereocenters. The number of rotatable bonds is 3. The molecule has 6 nitrogen and oxygen atoms in total. The molecule has 0 fully saturated rings. The van der Waals surface area contributed by atoms with Gasteiger partial charge < -0.3 is 9.47 Å². The number of ether oxygens (including phenoxy) is 2. The summed E-state index contributed by atoms with van der Waals surface area (Å²) < 4.78 is 10.3. The fourth-order valence-corrected chi connectivity index (χ4v) is 2.50. The average molecular weight is 311 g/mol. The van der Waals surface area contributed by atoms with Crippen molar-refractivity contribution >= 4 is 17.2 Å². The Morgan fingerprint density at radius 2 is 2.09 bits per heavy atom. The van der Waals surface area contributed by atoms with Gasteiger partial charge in [0.1, 0.15) is 12.4 Å². The summed E-state index contributed by atoms with van der Waals surface area (Å²) in [6, 6.07) is 11.4. The van der Waals surface area contributed by atoms with E-state index in [-0.39, 0.29) is 5.69 Å². The monoisotopic (exact) mass is 311 g/mol. The van der Waals surface area contributed by atoms with Gasteiger partial charge in [0.25, 0.3) is 5.69 Å². The molecule has 0 aliphatic carbocycles. The van der Waals surface area contributed by atoms with Crippen molar-refractivity contribution in [3.05, 3.63) is 75.3 Å². The lowest BCUT2D eigenvalue weighted by Gasteiger charge is -2.19. The third-order valence-electron chi connectivity index (χ3n) is 3.59. The van der Waals surface area contributed by atoms with Gasteiger partial charge in [0.2, 0.25) is 0 Å². The quantitative estimate of drug-likeness (QED) is 0.494. The number of hydrogen-bond donors (Lipinski definition) is 0. The summed E-state index contributed by atoms with van der Waals surface area (Å²) >= 11 is 0. The molecule has 116 valence electrons. The molecule has 0 aromatic heterocycles. The molecular weight excluding hydrogens is 298 g/mol. The van der Waals surface area contributed by atoms with Crippen LogP contribution in [-0.2, 0) is 4.74 Å². The summed E-state index contributed by atoms with van der Waals surface area (Å²) in [7, 11) is 1.32. The van der Waals surface area contributed by atoms with Gasteiger partial charge in [0.05, 0.1) is 17.6 Å². The normalized spacial score (nSPS) is 12.7. The number of fused-ring (bicyclic) bond motifs is 1. The molecule has 1 aliphatic heterocycles. The molecule has 0 radical (unpaired) electrons. The van der Waals surface area contributed by atoms with E-state index in [1.807, 2.05) is 6.08 Å². The third-order valence-corrected chi connectivity index (χ3v) is 3.59. The zero-order valence-electron chi connectivity index (χ0n) is 12.3. The second kappa shape index (κ2) is 5.92. The SMILES string of the molecule is COC(=O)c1ccc2c(c1)C(c1cccc([N+](=O)[O-])c1)=CCO2. The molecular formula is C17H13NO5. The zero-order valence-corrected chi connectivity index (χ0v) is 12.3. The molecule has 0 spiro atoms. The van der Waals surface area contributed by atoms with Gasteiger partial charge in [0.15, 0.2) is 0 Å². The number of carbonyl (C=O) groups is 1. The fraction of sp³-hybridized carbons (Fsp3) is 0.118. The minimum atomic E-state index is -0.447. The standard InChI is InChI=1S/C17H13NO5/c1-22-17(19)12-5-6-16-15(10-12)14(7-8-23-16)11-3-2-4-13(9-11)18(20)21/h2-7,9-10H,8H2,1H3. The summed E-state index contributed by atoms with van der Waals surface area (Å²) in [4.78, 5) is 22.2. The van der Waals surface area contributed by atoms with Crippen LogP contribution in [0, 0.1) is 10.1 Å². The second-order valence-electron chi connectivity index (χ2n) is 4.94. The summed E-state index contributed by atoms with van der Waals surface area (Å²) in [5, 5.41) is 11.0. The highest BCUT2D eigenvalue weighted by atomic mass is 16.6. The lowest BCUT2D eigenvalue weighted by Crippen LogP contribution is -2.08. The highest BCUT2D eigenvalue weighted by Crippen LogP contribution is 2.36. The summed E-state index contributed by atoms with van der Waals surface area (Å²) in [5.74, 6) is 0.179. The van der Waals surface area contributed by atoms with Crippen LogP contribution in [0.15, 0.2) is 48.5 Å². The molecule has 0 atom stereocenters. The third kappa shape index (κ3) is 2.78. The van der Waals surface area contributed by atoms with Crippen molar-refractivity contribution in [1.82, 2.24) is 0 Å². The Morgan fingerprint density at radius 1 is 1.26 bits per heavy atom. The Balaban J connectivity index is 2.09. The van der Waals surface area contributed by atoms with E-state index in [1.165, 1.54) is 19.2 Å². The molecule has 2 aromatic carbocycles. The molecule has 1 aliphatic rings. The van der Waals surface area contributed by atoms with E-state index >= 15 is 0 Å². The number of nitro benzene ring substituents is 1. The Bertz CT molecular complexity index is 825. The summed E-state index contributed by atoms with van der Waals surface area (Å²) in [6.07, 6.45) is 1.84. The number of non-ortho nitro benzene ring substituents is 1. The first-order valence-corrected chi connectivity index (χ1v) is 6.90. The van der Waals surface area contributed by atoms with Gasteiger partial charge in [-0.3, -0.25) is 10.1 Å². The maximum atomic E-state index is 11.7. The lowest BCUT2D eigenvalue weighted by molar-refractivity contribution is -0.384. The Kier molecular flexibility index (Phi) is 3.80. The van der Waals surface area contributed by atoms with Crippen LogP contribution in [0.3, 0.4) is 0 Å². The van der Waals surface area contributed by atoms with Crippen molar-refractivity contribution in [2.45, 2.75) is 0 Å². The molecule has 23 heavy (non-hydrogen) atoms. The van der Waals surface area contributed by atoms with Gasteiger partial charge in [-0.2, -0.15) is 0 Å². The highest BCUT2D eigenvalue weighted by molar-refractivity contribution is 5.93. The number of methoxy groups -OCH3 is 1. The maximum absolute atomic E-state index is 11.7. The predicted octanol–water partition coefficient (Wildman–Crippen LogP) is 3.21. The zero-order chi connectivity index (χ0) is 16.4. The highest BCUT2D eigenvalue weighted by Gasteiger charge is 2.19. The number of nitrogens with zero attached hydrogens (tertiary/aromatic N) is 1. The topological polar surface area (TPSA) is 78.7 Å². The van der Waals surface area contributed by atoms with E-state index in [4.69, 9.17) is 9.47 Å². The van der Waals surface area contributed by atoms with Gasteiger partial charge in [-0.1, -0.05) is 12.1 Å². The molecule has 0 bridgehead atoms. The first-order valence-electron chi connectivity index (χ1n) is 6.90. The number of benzene rings is 2. The van der Waals surface area contributed by atoms with Crippen LogP contribution < -0.4 is 4.74 Å². The second-order valence-corrected chi connectivity index (χ2v) is 4.94. The van der Waals surface area contributed by atoms with Crippen LogP contribution in [0.2, 0.25) is 0 Å². The maximum Gasteiger partial charge on any atom is 0.337 e. The lowest BCUT2D eigenvalue weighted by atomic mass is 9.94. The van der Waals surface area contributed by atoms with Crippen LogP contribution in [0.5, 0.6) is 5.75 Å². The van der Waals surface area contributed by atoms with Crippen LogP contribution in [-0.4, -0.2) is 24.6 Å². The first-order chi connectivity index (χ1) is 11.1. The number of hydrogen-bond acceptors (Lipinski definition) is 5. The molecule has 6 heteroatoms. The number of carbonyl (C=O) groups excluding carboxylic acids is 1. The Hall–Kier alpha value is -3.15. The van der Waals surface area contributed by atoms with E-state index in [2.05, 4.69) is 0 Å². The molecule has 2 aromatic rings. The van der Waals surface area contributed by atoms with Crippen LogP contribution >= 0.6 is 0 Å². The number of nitro groups is 1. The van der Waals surface area contributed by atoms with Crippen LogP contribution in [0.4, 0.5) is 5.69 Å². The molecule has 0 N–H and O–H groups in total. The fourth-order valence-electron chi connectivity index (χ4n) is 2.50. The van der Waals surface area contributed by atoms with E-state index in [0.29, 0.717) is 29.0 Å². The molecule has 1 heterocycles. The molecule has 0 saturated carbocycles. The van der Waals surface area contributed by atoms with Gasteiger partial charge in [-0.05, 0) is 35.4 Å². The minimum absolute atomic E-state index is 0.0144. The van der Waals surface area contributed by atoms with Crippen molar-refractivity contribution in [3.8, 4) is 5.75 Å².